The van der Waals surface area contributed by atoms with Crippen LogP contribution in [0.1, 0.15) is 5.56 Å². The van der Waals surface area contributed by atoms with E-state index in [0.717, 1.165) is 11.8 Å². The second kappa shape index (κ2) is 9.58. The third-order valence-electron chi connectivity index (χ3n) is 3.33. The van der Waals surface area contributed by atoms with Crippen molar-refractivity contribution in [2.75, 3.05) is 27.4 Å². The summed E-state index contributed by atoms with van der Waals surface area (Å²) < 4.78 is 21.6. The Hall–Kier alpha value is -2.86. The fourth-order valence-electron chi connectivity index (χ4n) is 2.12. The van der Waals surface area contributed by atoms with E-state index in [1.165, 1.54) is 13.2 Å². The minimum absolute atomic E-state index is 0.256. The average Bonchev–Trinajstić information content (AvgIpc) is 2.64. The Balaban J connectivity index is 1.96. The van der Waals surface area contributed by atoms with Crippen molar-refractivity contribution in [3.63, 3.8) is 0 Å². The molecule has 0 heterocycles. The topological polar surface area (TPSA) is 74.2 Å². The molecule has 6 nitrogen and oxygen atoms in total. The molecule has 1 N–H and O–H groups in total. The summed E-state index contributed by atoms with van der Waals surface area (Å²) in [4.78, 5) is 10.6. The van der Waals surface area contributed by atoms with Gasteiger partial charge in [0, 0.05) is 6.08 Å². The first-order valence-corrected chi connectivity index (χ1v) is 8.09. The Morgan fingerprint density at radius 3 is 2.31 bits per heavy atom. The van der Waals surface area contributed by atoms with E-state index in [1.54, 1.807) is 43.5 Å². The first-order valence-electron chi connectivity index (χ1n) is 7.71. The van der Waals surface area contributed by atoms with Crippen molar-refractivity contribution < 1.29 is 28.8 Å². The van der Waals surface area contributed by atoms with Crippen molar-refractivity contribution in [3.8, 4) is 23.0 Å². The highest BCUT2D eigenvalue weighted by atomic mass is 35.5. The minimum atomic E-state index is -1.05. The van der Waals surface area contributed by atoms with Crippen LogP contribution in [0, 0.1) is 0 Å². The van der Waals surface area contributed by atoms with Crippen LogP contribution in [0.15, 0.2) is 42.5 Å². The summed E-state index contributed by atoms with van der Waals surface area (Å²) in [6, 6.07) is 10.5. The molecular formula is C19H19ClO6. The molecule has 0 spiro atoms. The largest absolute Gasteiger partial charge is 0.497 e. The minimum Gasteiger partial charge on any atom is -0.497 e. The number of methoxy groups -OCH3 is 2. The molecular weight excluding hydrogens is 360 g/mol. The summed E-state index contributed by atoms with van der Waals surface area (Å²) in [5, 5.41) is 9.01. The average molecular weight is 379 g/mol. The third kappa shape index (κ3) is 5.60. The first-order chi connectivity index (χ1) is 12.5. The van der Waals surface area contributed by atoms with Gasteiger partial charge in [-0.25, -0.2) is 4.79 Å². The van der Waals surface area contributed by atoms with Gasteiger partial charge < -0.3 is 24.1 Å². The van der Waals surface area contributed by atoms with Gasteiger partial charge in [0.15, 0.2) is 11.5 Å². The van der Waals surface area contributed by atoms with Gasteiger partial charge in [-0.05, 0) is 48.0 Å². The van der Waals surface area contributed by atoms with E-state index in [0.29, 0.717) is 34.4 Å². The van der Waals surface area contributed by atoms with Crippen molar-refractivity contribution in [2.24, 2.45) is 0 Å². The highest BCUT2D eigenvalue weighted by Gasteiger charge is 2.11. The number of carboxylic acids is 1. The molecule has 7 heteroatoms. The lowest BCUT2D eigenvalue weighted by molar-refractivity contribution is -0.131. The van der Waals surface area contributed by atoms with Crippen LogP contribution >= 0.6 is 11.6 Å². The molecule has 2 aromatic carbocycles. The summed E-state index contributed by atoms with van der Waals surface area (Å²) in [6.45, 7) is 0.568. The molecule has 0 atom stereocenters. The molecule has 0 aromatic heterocycles. The maximum atomic E-state index is 10.6. The zero-order valence-electron chi connectivity index (χ0n) is 14.4. The van der Waals surface area contributed by atoms with E-state index in [-0.39, 0.29) is 6.61 Å². The maximum absolute atomic E-state index is 10.6. The molecule has 2 aromatic rings. The normalized spacial score (nSPS) is 10.6. The Bertz CT molecular complexity index is 770. The van der Waals surface area contributed by atoms with E-state index in [1.807, 2.05) is 0 Å². The maximum Gasteiger partial charge on any atom is 0.328 e. The predicted molar refractivity (Wildman–Crippen MR) is 98.7 cm³/mol. The van der Waals surface area contributed by atoms with Crippen LogP contribution in [0.3, 0.4) is 0 Å². The number of halogens is 1. The lowest BCUT2D eigenvalue weighted by Crippen LogP contribution is -2.10. The molecule has 0 unspecified atom stereocenters. The number of hydrogen-bond donors (Lipinski definition) is 1. The molecule has 0 saturated carbocycles. The highest BCUT2D eigenvalue weighted by Crippen LogP contribution is 2.36. The molecule has 138 valence electrons. The number of carboxylic acid groups (broad SMARTS) is 1. The molecule has 26 heavy (non-hydrogen) atoms. The lowest BCUT2D eigenvalue weighted by atomic mass is 10.2. The van der Waals surface area contributed by atoms with Crippen LogP contribution in [0.4, 0.5) is 0 Å². The number of benzene rings is 2. The van der Waals surface area contributed by atoms with Crippen LogP contribution < -0.4 is 18.9 Å². The number of ether oxygens (including phenoxy) is 4. The fraction of sp³-hybridized carbons (Fsp3) is 0.211. The molecule has 0 radical (unpaired) electrons. The van der Waals surface area contributed by atoms with Crippen LogP contribution in [0.2, 0.25) is 5.02 Å². The Morgan fingerprint density at radius 2 is 1.69 bits per heavy atom. The van der Waals surface area contributed by atoms with Crippen molar-refractivity contribution in [1.29, 1.82) is 0 Å². The Labute approximate surface area is 156 Å². The summed E-state index contributed by atoms with van der Waals surface area (Å²) in [7, 11) is 3.08. The van der Waals surface area contributed by atoms with E-state index in [4.69, 9.17) is 35.7 Å². The SMILES string of the molecule is COc1ccc(OCCOc2c(Cl)cc(C=CC(=O)O)cc2OC)cc1. The first kappa shape index (κ1) is 19.5. The van der Waals surface area contributed by atoms with E-state index >= 15 is 0 Å². The second-order valence-corrected chi connectivity index (χ2v) is 5.49. The molecule has 0 aliphatic heterocycles. The summed E-state index contributed by atoms with van der Waals surface area (Å²) in [5.41, 5.74) is 0.594. The standard InChI is InChI=1S/C19H19ClO6/c1-23-14-4-6-15(7-5-14)25-9-10-26-19-16(20)11-13(3-8-18(21)22)12-17(19)24-2/h3-8,11-12H,9-10H2,1-2H3,(H,21,22). The monoisotopic (exact) mass is 378 g/mol. The summed E-state index contributed by atoms with van der Waals surface area (Å²) in [6.07, 6.45) is 2.45. The fourth-order valence-corrected chi connectivity index (χ4v) is 2.39. The van der Waals surface area contributed by atoms with Crippen LogP contribution in [0.25, 0.3) is 6.08 Å². The zero-order valence-corrected chi connectivity index (χ0v) is 15.2. The molecule has 0 fully saturated rings. The van der Waals surface area contributed by atoms with Crippen LogP contribution in [-0.2, 0) is 4.79 Å². The van der Waals surface area contributed by atoms with Crippen molar-refractivity contribution in [2.45, 2.75) is 0 Å². The van der Waals surface area contributed by atoms with E-state index < -0.39 is 5.97 Å². The lowest BCUT2D eigenvalue weighted by Gasteiger charge is -2.14. The number of carbonyl (C=O) groups is 1. The van der Waals surface area contributed by atoms with Gasteiger partial charge in [0.2, 0.25) is 0 Å². The quantitative estimate of drug-likeness (QED) is 0.526. The third-order valence-corrected chi connectivity index (χ3v) is 3.61. The zero-order chi connectivity index (χ0) is 18.9. The van der Waals surface area contributed by atoms with E-state index in [2.05, 4.69) is 0 Å². The molecule has 0 bridgehead atoms. The van der Waals surface area contributed by atoms with Gasteiger partial charge in [0.1, 0.15) is 24.7 Å². The van der Waals surface area contributed by atoms with Gasteiger partial charge in [0.25, 0.3) is 0 Å². The van der Waals surface area contributed by atoms with E-state index in [9.17, 15) is 4.79 Å². The van der Waals surface area contributed by atoms with Gasteiger partial charge in [-0.15, -0.1) is 0 Å². The molecule has 0 aliphatic rings. The van der Waals surface area contributed by atoms with Gasteiger partial charge in [-0.2, -0.15) is 0 Å². The second-order valence-electron chi connectivity index (χ2n) is 5.08. The molecule has 2 rings (SSSR count). The molecule has 0 aliphatic carbocycles. The van der Waals surface area contributed by atoms with Crippen molar-refractivity contribution >= 4 is 23.6 Å². The Morgan fingerprint density at radius 1 is 1.04 bits per heavy atom. The molecule has 0 saturated heterocycles. The van der Waals surface area contributed by atoms with Crippen LogP contribution in [-0.4, -0.2) is 38.5 Å². The number of aliphatic carboxylic acids is 1. The Kier molecular flexibility index (Phi) is 7.17. The number of rotatable bonds is 9. The predicted octanol–water partition coefficient (Wildman–Crippen LogP) is 3.91. The van der Waals surface area contributed by atoms with Crippen LogP contribution in [0.5, 0.6) is 23.0 Å². The van der Waals surface area contributed by atoms with Gasteiger partial charge in [-0.3, -0.25) is 0 Å². The van der Waals surface area contributed by atoms with Crippen molar-refractivity contribution in [1.82, 2.24) is 0 Å². The van der Waals surface area contributed by atoms with Gasteiger partial charge in [-0.1, -0.05) is 11.6 Å². The summed E-state index contributed by atoms with van der Waals surface area (Å²) in [5.74, 6) is 1.19. The number of hydrogen-bond acceptors (Lipinski definition) is 5. The van der Waals surface area contributed by atoms with Gasteiger partial charge >= 0.3 is 5.97 Å². The summed E-state index contributed by atoms with van der Waals surface area (Å²) >= 11 is 6.22. The smallest absolute Gasteiger partial charge is 0.328 e. The molecule has 0 amide bonds. The highest BCUT2D eigenvalue weighted by molar-refractivity contribution is 6.32. The van der Waals surface area contributed by atoms with Gasteiger partial charge in [0.05, 0.1) is 19.2 Å². The van der Waals surface area contributed by atoms with Crippen molar-refractivity contribution in [3.05, 3.63) is 53.1 Å².